The van der Waals surface area contributed by atoms with Gasteiger partial charge in [0, 0.05) is 23.7 Å². The second kappa shape index (κ2) is 10.7. The summed E-state index contributed by atoms with van der Waals surface area (Å²) in [5.74, 6) is -1.75. The second-order valence-electron chi connectivity index (χ2n) is 12.1. The Labute approximate surface area is 238 Å². The van der Waals surface area contributed by atoms with E-state index in [1.165, 1.54) is 21.9 Å². The average Bonchev–Trinajstić information content (AvgIpc) is 2.94. The quantitative estimate of drug-likeness (QED) is 0.555. The number of carbonyl (C=O) groups excluding carboxylic acids is 4. The van der Waals surface area contributed by atoms with Crippen molar-refractivity contribution in [2.24, 2.45) is 5.41 Å². The zero-order valence-corrected chi connectivity index (χ0v) is 24.2. The van der Waals surface area contributed by atoms with Crippen LogP contribution in [0.3, 0.4) is 0 Å². The third-order valence-corrected chi connectivity index (χ3v) is 7.01. The minimum Gasteiger partial charge on any atom is -0.444 e. The number of amides is 4. The SMILES string of the molecule is CC(C)(C)OC(=O)N[C@H](C(=O)N1CCN2C(=O)c3cc(-c4ccc(Cl)cc4F)ccc3NC(=O)[C@H]2C1)C(C)(C)C. The number of nitrogens with zero attached hydrogens (tertiary/aromatic N) is 2. The molecule has 2 aromatic rings. The molecule has 9 nitrogen and oxygen atoms in total. The van der Waals surface area contributed by atoms with Gasteiger partial charge < -0.3 is 25.2 Å². The first-order chi connectivity index (χ1) is 18.5. The van der Waals surface area contributed by atoms with Crippen molar-refractivity contribution in [3.8, 4) is 11.1 Å². The number of rotatable bonds is 3. The summed E-state index contributed by atoms with van der Waals surface area (Å²) >= 11 is 5.88. The normalized spacial score (nSPS) is 18.2. The van der Waals surface area contributed by atoms with E-state index in [0.29, 0.717) is 11.3 Å². The van der Waals surface area contributed by atoms with Gasteiger partial charge in [-0.3, -0.25) is 14.4 Å². The van der Waals surface area contributed by atoms with E-state index in [0.717, 1.165) is 0 Å². The van der Waals surface area contributed by atoms with Gasteiger partial charge in [0.1, 0.15) is 23.5 Å². The standard InChI is InChI=1S/C29H34ClFN4O5/c1-28(2,3)23(33-27(39)40-29(4,5)6)26(38)34-11-12-35-22(15-34)24(36)32-21-10-7-16(13-19(21)25(35)37)18-9-8-17(30)14-20(18)31/h7-10,13-14,22-23H,11-12,15H2,1-6H3,(H,32,36)(H,33,39)/t22-,23-/m1/s1. The summed E-state index contributed by atoms with van der Waals surface area (Å²) in [6.45, 7) is 10.9. The molecule has 0 aromatic heterocycles. The Kier molecular flexibility index (Phi) is 7.86. The lowest BCUT2D eigenvalue weighted by molar-refractivity contribution is -0.140. The van der Waals surface area contributed by atoms with Gasteiger partial charge in [0.25, 0.3) is 5.91 Å². The number of halogens is 2. The Balaban J connectivity index is 1.57. The van der Waals surface area contributed by atoms with Gasteiger partial charge in [-0.05, 0) is 62.1 Å². The summed E-state index contributed by atoms with van der Waals surface area (Å²) in [6.07, 6.45) is -0.717. The molecule has 4 rings (SSSR count). The maximum absolute atomic E-state index is 14.6. The van der Waals surface area contributed by atoms with Crippen LogP contribution in [-0.4, -0.2) is 70.9 Å². The topological polar surface area (TPSA) is 108 Å². The molecule has 1 saturated heterocycles. The maximum Gasteiger partial charge on any atom is 0.408 e. The molecule has 2 N–H and O–H groups in total. The summed E-state index contributed by atoms with van der Waals surface area (Å²) in [5, 5.41) is 5.73. The molecule has 2 aromatic carbocycles. The van der Waals surface area contributed by atoms with E-state index in [9.17, 15) is 23.6 Å². The predicted octanol–water partition coefficient (Wildman–Crippen LogP) is 4.69. The molecule has 2 aliphatic rings. The minimum atomic E-state index is -0.949. The predicted molar refractivity (Wildman–Crippen MR) is 149 cm³/mol. The lowest BCUT2D eigenvalue weighted by atomic mass is 9.85. The van der Waals surface area contributed by atoms with Crippen LogP contribution in [0.4, 0.5) is 14.9 Å². The molecule has 2 heterocycles. The number of piperazine rings is 1. The van der Waals surface area contributed by atoms with E-state index in [1.807, 2.05) is 20.8 Å². The van der Waals surface area contributed by atoms with E-state index in [1.54, 1.807) is 45.0 Å². The maximum atomic E-state index is 14.6. The van der Waals surface area contributed by atoms with Gasteiger partial charge in [-0.15, -0.1) is 0 Å². The molecule has 40 heavy (non-hydrogen) atoms. The third-order valence-electron chi connectivity index (χ3n) is 6.78. The van der Waals surface area contributed by atoms with Gasteiger partial charge >= 0.3 is 6.09 Å². The first-order valence-corrected chi connectivity index (χ1v) is 13.4. The van der Waals surface area contributed by atoms with Crippen molar-refractivity contribution in [1.82, 2.24) is 15.1 Å². The molecule has 11 heteroatoms. The Bertz CT molecular complexity index is 1370. The molecule has 0 bridgehead atoms. The molecule has 2 aliphatic heterocycles. The van der Waals surface area contributed by atoms with Crippen LogP contribution in [0.25, 0.3) is 11.1 Å². The number of benzene rings is 2. The van der Waals surface area contributed by atoms with Crippen molar-refractivity contribution in [1.29, 1.82) is 0 Å². The van der Waals surface area contributed by atoms with Gasteiger partial charge in [-0.25, -0.2) is 9.18 Å². The van der Waals surface area contributed by atoms with Crippen LogP contribution < -0.4 is 10.6 Å². The van der Waals surface area contributed by atoms with Crippen LogP contribution in [0.2, 0.25) is 5.02 Å². The lowest BCUT2D eigenvalue weighted by Crippen LogP contribution is -2.63. The van der Waals surface area contributed by atoms with Crippen molar-refractivity contribution < 1.29 is 28.3 Å². The molecule has 0 aliphatic carbocycles. The molecule has 2 atom stereocenters. The number of hydrogen-bond donors (Lipinski definition) is 2. The molecule has 0 spiro atoms. The molecule has 0 saturated carbocycles. The zero-order valence-electron chi connectivity index (χ0n) is 23.4. The van der Waals surface area contributed by atoms with E-state index in [-0.39, 0.29) is 41.7 Å². The molecule has 0 radical (unpaired) electrons. The van der Waals surface area contributed by atoms with E-state index in [2.05, 4.69) is 10.6 Å². The van der Waals surface area contributed by atoms with E-state index >= 15 is 0 Å². The van der Waals surface area contributed by atoms with Crippen LogP contribution in [0.1, 0.15) is 51.9 Å². The fourth-order valence-corrected chi connectivity index (χ4v) is 4.96. The van der Waals surface area contributed by atoms with E-state index < -0.39 is 46.8 Å². The fraction of sp³-hybridized carbons (Fsp3) is 0.448. The molecule has 4 amide bonds. The largest absolute Gasteiger partial charge is 0.444 e. The Morgan fingerprint density at radius 1 is 1.05 bits per heavy atom. The highest BCUT2D eigenvalue weighted by Gasteiger charge is 2.44. The summed E-state index contributed by atoms with van der Waals surface area (Å²) < 4.78 is 19.9. The second-order valence-corrected chi connectivity index (χ2v) is 12.6. The number of ether oxygens (including phenoxy) is 1. The number of carbonyl (C=O) groups is 4. The smallest absolute Gasteiger partial charge is 0.408 e. The summed E-state index contributed by atoms with van der Waals surface area (Å²) in [6, 6.07) is 7.15. The number of anilines is 1. The highest BCUT2D eigenvalue weighted by atomic mass is 35.5. The van der Waals surface area contributed by atoms with Crippen molar-refractivity contribution in [3.05, 3.63) is 52.8 Å². The van der Waals surface area contributed by atoms with Gasteiger partial charge in [-0.1, -0.05) is 38.4 Å². The molecule has 0 unspecified atom stereocenters. The highest BCUT2D eigenvalue weighted by Crippen LogP contribution is 2.32. The zero-order chi connectivity index (χ0) is 29.6. The van der Waals surface area contributed by atoms with Crippen molar-refractivity contribution >= 4 is 41.1 Å². The Hall–Kier alpha value is -3.66. The first kappa shape index (κ1) is 29.3. The average molecular weight is 573 g/mol. The van der Waals surface area contributed by atoms with Crippen LogP contribution in [0, 0.1) is 11.2 Å². The van der Waals surface area contributed by atoms with Crippen molar-refractivity contribution in [2.45, 2.75) is 59.2 Å². The molecule has 214 valence electrons. The summed E-state index contributed by atoms with van der Waals surface area (Å²) in [5.41, 5.74) is -0.136. The van der Waals surface area contributed by atoms with Crippen LogP contribution in [0.5, 0.6) is 0 Å². The van der Waals surface area contributed by atoms with Gasteiger partial charge in [0.05, 0.1) is 17.8 Å². The van der Waals surface area contributed by atoms with Gasteiger partial charge in [0.2, 0.25) is 11.8 Å². The minimum absolute atomic E-state index is 0.0500. The summed E-state index contributed by atoms with van der Waals surface area (Å²) in [4.78, 5) is 56.0. The van der Waals surface area contributed by atoms with Crippen molar-refractivity contribution in [3.63, 3.8) is 0 Å². The fourth-order valence-electron chi connectivity index (χ4n) is 4.80. The van der Waals surface area contributed by atoms with Crippen molar-refractivity contribution in [2.75, 3.05) is 25.0 Å². The highest BCUT2D eigenvalue weighted by molar-refractivity contribution is 6.30. The van der Waals surface area contributed by atoms with Crippen LogP contribution in [-0.2, 0) is 14.3 Å². The number of nitrogens with one attached hydrogen (secondary N) is 2. The van der Waals surface area contributed by atoms with Crippen LogP contribution >= 0.6 is 11.6 Å². The number of hydrogen-bond acceptors (Lipinski definition) is 5. The molecular formula is C29H34ClFN4O5. The lowest BCUT2D eigenvalue weighted by Gasteiger charge is -2.42. The Morgan fingerprint density at radius 3 is 2.38 bits per heavy atom. The van der Waals surface area contributed by atoms with Gasteiger partial charge in [-0.2, -0.15) is 0 Å². The van der Waals surface area contributed by atoms with Gasteiger partial charge in [0.15, 0.2) is 0 Å². The number of alkyl carbamates (subject to hydrolysis) is 1. The molecule has 1 fully saturated rings. The number of fused-ring (bicyclic) bond motifs is 2. The van der Waals surface area contributed by atoms with Crippen LogP contribution in [0.15, 0.2) is 36.4 Å². The Morgan fingerprint density at radius 2 is 1.75 bits per heavy atom. The third kappa shape index (κ3) is 6.22. The molecular weight excluding hydrogens is 539 g/mol. The summed E-state index contributed by atoms with van der Waals surface area (Å²) in [7, 11) is 0. The first-order valence-electron chi connectivity index (χ1n) is 13.0. The monoisotopic (exact) mass is 572 g/mol. The van der Waals surface area contributed by atoms with E-state index in [4.69, 9.17) is 16.3 Å².